The van der Waals surface area contributed by atoms with Crippen LogP contribution in [0.4, 0.5) is 5.88 Å². The molecule has 1 N–H and O–H groups in total. The lowest BCUT2D eigenvalue weighted by Crippen LogP contribution is -2.23. The van der Waals surface area contributed by atoms with Crippen LogP contribution in [-0.2, 0) is 17.6 Å². The minimum Gasteiger partial charge on any atom is -0.497 e. The summed E-state index contributed by atoms with van der Waals surface area (Å²) in [4.78, 5) is 33.1. The van der Waals surface area contributed by atoms with Gasteiger partial charge in [-0.3, -0.25) is 19.5 Å². The summed E-state index contributed by atoms with van der Waals surface area (Å²) in [5.74, 6) is 0.792. The van der Waals surface area contributed by atoms with Crippen LogP contribution in [0.25, 0.3) is 15.9 Å². The molecular weight excluding hydrogens is 460 g/mol. The molecule has 1 aromatic carbocycles. The molecule has 1 aliphatic rings. The highest BCUT2D eigenvalue weighted by Crippen LogP contribution is 2.35. The zero-order chi connectivity index (χ0) is 22.9. The average molecular weight is 483 g/mol. The molecule has 0 saturated heterocycles. The molecule has 1 aliphatic carbocycles. The molecule has 3 heterocycles. The Morgan fingerprint density at radius 3 is 2.79 bits per heavy atom. The summed E-state index contributed by atoms with van der Waals surface area (Å²) in [6.45, 7) is 1.78. The number of hydrogen-bond acceptors (Lipinski definition) is 8. The highest BCUT2D eigenvalue weighted by molar-refractivity contribution is 7.99. The molecule has 10 heteroatoms. The van der Waals surface area contributed by atoms with Crippen LogP contribution in [0.15, 0.2) is 44.8 Å². The number of rotatable bonds is 6. The Hall–Kier alpha value is -3.11. The van der Waals surface area contributed by atoms with Gasteiger partial charge >= 0.3 is 0 Å². The van der Waals surface area contributed by atoms with Crippen LogP contribution in [0.2, 0.25) is 0 Å². The Balaban J connectivity index is 1.54. The maximum Gasteiger partial charge on any atom is 0.267 e. The molecular formula is C23H22N4O4S2. The molecule has 170 valence electrons. The highest BCUT2D eigenvalue weighted by atomic mass is 32.2. The van der Waals surface area contributed by atoms with E-state index in [1.165, 1.54) is 16.6 Å². The molecule has 4 aromatic rings. The van der Waals surface area contributed by atoms with Gasteiger partial charge in [0, 0.05) is 10.9 Å². The summed E-state index contributed by atoms with van der Waals surface area (Å²) in [7, 11) is 1.60. The first-order chi connectivity index (χ1) is 16.0. The number of thioether (sulfide) groups is 1. The Kier molecular flexibility index (Phi) is 5.94. The monoisotopic (exact) mass is 482 g/mol. The second-order valence-corrected chi connectivity index (χ2v) is 9.82. The van der Waals surface area contributed by atoms with Crippen molar-refractivity contribution in [3.8, 4) is 11.4 Å². The van der Waals surface area contributed by atoms with Crippen molar-refractivity contribution in [1.82, 2.24) is 14.7 Å². The SMILES string of the molecule is COc1ccc(-n2c(SCC(=O)Nc3cc(C)no3)nc3sc4c(c3c2=O)CCCC4)cc1. The molecule has 0 fully saturated rings. The fourth-order valence-corrected chi connectivity index (χ4v) is 6.08. The third kappa shape index (κ3) is 4.28. The summed E-state index contributed by atoms with van der Waals surface area (Å²) in [6.07, 6.45) is 4.11. The van der Waals surface area contributed by atoms with Crippen molar-refractivity contribution in [2.45, 2.75) is 37.8 Å². The number of aromatic nitrogens is 3. The standard InChI is InChI=1S/C23H22N4O4S2/c1-13-11-19(31-26-13)24-18(28)12-32-23-25-21-20(16-5-3-4-6-17(16)33-21)22(29)27(23)14-7-9-15(30-2)10-8-14/h7-11H,3-6,12H2,1-2H3,(H,24,28). The molecule has 0 spiro atoms. The van der Waals surface area contributed by atoms with Crippen molar-refractivity contribution >= 4 is 45.1 Å². The van der Waals surface area contributed by atoms with Gasteiger partial charge in [-0.05, 0) is 62.4 Å². The maximum absolute atomic E-state index is 13.7. The maximum atomic E-state index is 13.7. The van der Waals surface area contributed by atoms with E-state index in [9.17, 15) is 9.59 Å². The number of ether oxygens (including phenoxy) is 1. The number of nitrogens with zero attached hydrogens (tertiary/aromatic N) is 3. The van der Waals surface area contributed by atoms with Crippen molar-refractivity contribution in [1.29, 1.82) is 0 Å². The molecule has 0 aliphatic heterocycles. The lowest BCUT2D eigenvalue weighted by molar-refractivity contribution is -0.113. The Bertz CT molecular complexity index is 1390. The van der Waals surface area contributed by atoms with Crippen LogP contribution in [0.5, 0.6) is 5.75 Å². The fourth-order valence-electron chi connectivity index (χ4n) is 3.97. The van der Waals surface area contributed by atoms with Crippen LogP contribution in [0.3, 0.4) is 0 Å². The molecule has 0 bridgehead atoms. The van der Waals surface area contributed by atoms with E-state index in [0.717, 1.165) is 36.1 Å². The van der Waals surface area contributed by atoms with Gasteiger partial charge in [0.25, 0.3) is 5.56 Å². The molecule has 0 saturated carbocycles. The number of methoxy groups -OCH3 is 1. The molecule has 33 heavy (non-hydrogen) atoms. The highest BCUT2D eigenvalue weighted by Gasteiger charge is 2.23. The third-order valence-electron chi connectivity index (χ3n) is 5.51. The molecule has 0 unspecified atom stereocenters. The van der Waals surface area contributed by atoms with Crippen molar-refractivity contribution in [3.05, 3.63) is 56.8 Å². The van der Waals surface area contributed by atoms with Gasteiger partial charge in [0.15, 0.2) is 5.16 Å². The normalized spacial score (nSPS) is 13.2. The van der Waals surface area contributed by atoms with Gasteiger partial charge in [-0.1, -0.05) is 16.9 Å². The van der Waals surface area contributed by atoms with Crippen LogP contribution >= 0.6 is 23.1 Å². The number of hydrogen-bond donors (Lipinski definition) is 1. The first-order valence-electron chi connectivity index (χ1n) is 10.6. The fraction of sp³-hybridized carbons (Fsp3) is 0.304. The van der Waals surface area contributed by atoms with E-state index in [4.69, 9.17) is 14.2 Å². The van der Waals surface area contributed by atoms with E-state index in [1.807, 2.05) is 24.3 Å². The van der Waals surface area contributed by atoms with E-state index >= 15 is 0 Å². The lowest BCUT2D eigenvalue weighted by Gasteiger charge is -2.14. The molecule has 5 rings (SSSR count). The van der Waals surface area contributed by atoms with Gasteiger partial charge < -0.3 is 9.26 Å². The van der Waals surface area contributed by atoms with Crippen LogP contribution in [0, 0.1) is 6.92 Å². The van der Waals surface area contributed by atoms with Crippen molar-refractivity contribution < 1.29 is 14.1 Å². The van der Waals surface area contributed by atoms with Gasteiger partial charge in [-0.2, -0.15) is 0 Å². The van der Waals surface area contributed by atoms with Gasteiger partial charge in [0.2, 0.25) is 11.8 Å². The number of carbonyl (C=O) groups excluding carboxylic acids is 1. The summed E-state index contributed by atoms with van der Waals surface area (Å²) in [6, 6.07) is 8.92. The first kappa shape index (κ1) is 21.7. The molecule has 1 amide bonds. The van der Waals surface area contributed by atoms with Crippen LogP contribution < -0.4 is 15.6 Å². The second kappa shape index (κ2) is 9.03. The summed E-state index contributed by atoms with van der Waals surface area (Å²) in [5, 5.41) is 7.63. The molecule has 3 aromatic heterocycles. The van der Waals surface area contributed by atoms with Crippen molar-refractivity contribution in [2.75, 3.05) is 18.2 Å². The first-order valence-corrected chi connectivity index (χ1v) is 12.4. The number of amides is 1. The van der Waals surface area contributed by atoms with E-state index in [-0.39, 0.29) is 17.2 Å². The molecule has 0 atom stereocenters. The minimum absolute atomic E-state index is 0.0684. The quantitative estimate of drug-likeness (QED) is 0.322. The topological polar surface area (TPSA) is 99.2 Å². The largest absolute Gasteiger partial charge is 0.497 e. The van der Waals surface area contributed by atoms with E-state index in [2.05, 4.69) is 10.5 Å². The number of thiophene rings is 1. The predicted octanol–water partition coefficient (Wildman–Crippen LogP) is 4.36. The number of carbonyl (C=O) groups is 1. The Morgan fingerprint density at radius 1 is 1.27 bits per heavy atom. The summed E-state index contributed by atoms with van der Waals surface area (Å²) in [5.41, 5.74) is 2.40. The number of fused-ring (bicyclic) bond motifs is 3. The van der Waals surface area contributed by atoms with Gasteiger partial charge in [-0.25, -0.2) is 4.98 Å². The van der Waals surface area contributed by atoms with Crippen LogP contribution in [0.1, 0.15) is 29.0 Å². The summed E-state index contributed by atoms with van der Waals surface area (Å²) < 4.78 is 11.9. The Morgan fingerprint density at radius 2 is 2.06 bits per heavy atom. The average Bonchev–Trinajstić information content (AvgIpc) is 3.40. The smallest absolute Gasteiger partial charge is 0.267 e. The van der Waals surface area contributed by atoms with Gasteiger partial charge in [-0.15, -0.1) is 11.3 Å². The second-order valence-electron chi connectivity index (χ2n) is 7.79. The lowest BCUT2D eigenvalue weighted by atomic mass is 9.97. The van der Waals surface area contributed by atoms with Gasteiger partial charge in [0.05, 0.1) is 29.6 Å². The van der Waals surface area contributed by atoms with E-state index < -0.39 is 0 Å². The Labute approximate surface area is 198 Å². The van der Waals surface area contributed by atoms with E-state index in [1.54, 1.807) is 36.0 Å². The minimum atomic E-state index is -0.266. The number of benzene rings is 1. The zero-order valence-electron chi connectivity index (χ0n) is 18.2. The van der Waals surface area contributed by atoms with Crippen LogP contribution in [-0.4, -0.2) is 33.5 Å². The predicted molar refractivity (Wildman–Crippen MR) is 129 cm³/mol. The van der Waals surface area contributed by atoms with Gasteiger partial charge in [0.1, 0.15) is 10.6 Å². The zero-order valence-corrected chi connectivity index (χ0v) is 19.8. The van der Waals surface area contributed by atoms with E-state index in [0.29, 0.717) is 33.6 Å². The molecule has 8 nitrogen and oxygen atoms in total. The van der Waals surface area contributed by atoms with Crippen molar-refractivity contribution in [2.24, 2.45) is 0 Å². The third-order valence-corrected chi connectivity index (χ3v) is 7.64. The van der Waals surface area contributed by atoms with Crippen molar-refractivity contribution in [3.63, 3.8) is 0 Å². The number of nitrogens with one attached hydrogen (secondary N) is 1. The number of aryl methyl sites for hydroxylation is 3. The summed E-state index contributed by atoms with van der Waals surface area (Å²) >= 11 is 2.81. The molecule has 0 radical (unpaired) electrons. The number of anilines is 1.